The minimum Gasteiger partial charge on any atom is -0.379 e. The van der Waals surface area contributed by atoms with Crippen molar-refractivity contribution in [3.63, 3.8) is 0 Å². The van der Waals surface area contributed by atoms with E-state index in [1.54, 1.807) is 11.1 Å². The quantitative estimate of drug-likeness (QED) is 0.612. The zero-order chi connectivity index (χ0) is 18.4. The second-order valence-corrected chi connectivity index (χ2v) is 7.37. The van der Waals surface area contributed by atoms with Gasteiger partial charge in [0.1, 0.15) is 10.9 Å². The Bertz CT molecular complexity index is 743. The topological polar surface area (TPSA) is 61.9 Å². The number of ether oxygens (including phenoxy) is 1. The van der Waals surface area contributed by atoms with Crippen molar-refractivity contribution in [1.82, 2.24) is 15.3 Å². The van der Waals surface area contributed by atoms with Crippen molar-refractivity contribution < 1.29 is 14.3 Å². The Morgan fingerprint density at radius 2 is 2.00 bits per heavy atom. The summed E-state index contributed by atoms with van der Waals surface area (Å²) in [5.74, 6) is -0.501. The molecule has 2 heterocycles. The number of allylic oxidation sites excluding steroid dienone is 2. The van der Waals surface area contributed by atoms with E-state index in [9.17, 15) is 9.59 Å². The van der Waals surface area contributed by atoms with E-state index >= 15 is 0 Å². The monoisotopic (exact) mass is 389 g/mol. The smallest absolute Gasteiger partial charge is 0.266 e. The summed E-state index contributed by atoms with van der Waals surface area (Å²) in [6, 6.07) is 9.81. The van der Waals surface area contributed by atoms with Gasteiger partial charge in [0.15, 0.2) is 0 Å². The van der Waals surface area contributed by atoms with Crippen LogP contribution in [0.2, 0.25) is 0 Å². The molecule has 2 fully saturated rings. The molecule has 0 spiro atoms. The molecule has 6 nitrogen and oxygen atoms in total. The lowest BCUT2D eigenvalue weighted by molar-refractivity contribution is -0.132. The van der Waals surface area contributed by atoms with E-state index in [1.807, 2.05) is 42.5 Å². The molecule has 2 aliphatic rings. The summed E-state index contributed by atoms with van der Waals surface area (Å²) in [6.45, 7) is 2.35. The number of carbonyl (C=O) groups is 2. The van der Waals surface area contributed by atoms with Gasteiger partial charge in [-0.15, -0.1) is 0 Å². The summed E-state index contributed by atoms with van der Waals surface area (Å²) < 4.78 is 5.63. The molecule has 0 bridgehead atoms. The first-order valence-electron chi connectivity index (χ1n) is 8.23. The number of carbonyl (C=O) groups excluding carboxylic acids is 2. The predicted molar refractivity (Wildman–Crippen MR) is 106 cm³/mol. The number of thiocarbonyl (C=S) groups is 1. The molecular weight excluding hydrogens is 370 g/mol. The highest BCUT2D eigenvalue weighted by atomic mass is 32.2. The van der Waals surface area contributed by atoms with Crippen molar-refractivity contribution in [3.05, 3.63) is 53.0 Å². The SMILES string of the molecule is O=C(CN1C(=O)/C(=C/C=C/c2ccccc2)SC1=S)NN1CCOCC1. The lowest BCUT2D eigenvalue weighted by Crippen LogP contribution is -2.51. The van der Waals surface area contributed by atoms with Crippen molar-refractivity contribution in [2.24, 2.45) is 0 Å². The van der Waals surface area contributed by atoms with Crippen molar-refractivity contribution >= 4 is 46.2 Å². The van der Waals surface area contributed by atoms with Gasteiger partial charge in [0.05, 0.1) is 18.1 Å². The van der Waals surface area contributed by atoms with Crippen LogP contribution >= 0.6 is 24.0 Å². The normalized spacial score (nSPS) is 20.3. The average Bonchev–Trinajstić information content (AvgIpc) is 2.91. The van der Waals surface area contributed by atoms with Gasteiger partial charge in [-0.05, 0) is 11.6 Å². The molecule has 26 heavy (non-hydrogen) atoms. The Morgan fingerprint density at radius 1 is 1.27 bits per heavy atom. The van der Waals surface area contributed by atoms with Crippen LogP contribution in [0.1, 0.15) is 5.56 Å². The van der Waals surface area contributed by atoms with Gasteiger partial charge in [0, 0.05) is 13.1 Å². The summed E-state index contributed by atoms with van der Waals surface area (Å²) in [5.41, 5.74) is 3.83. The lowest BCUT2D eigenvalue weighted by atomic mass is 10.2. The van der Waals surface area contributed by atoms with Crippen LogP contribution in [-0.4, -0.2) is 58.9 Å². The van der Waals surface area contributed by atoms with Crippen LogP contribution in [0.4, 0.5) is 0 Å². The van der Waals surface area contributed by atoms with E-state index in [2.05, 4.69) is 5.43 Å². The van der Waals surface area contributed by atoms with Crippen LogP contribution in [0.25, 0.3) is 6.08 Å². The first-order valence-corrected chi connectivity index (χ1v) is 9.45. The van der Waals surface area contributed by atoms with Crippen LogP contribution in [0.15, 0.2) is 47.4 Å². The number of rotatable bonds is 5. The highest BCUT2D eigenvalue weighted by Gasteiger charge is 2.33. The van der Waals surface area contributed by atoms with Crippen molar-refractivity contribution in [1.29, 1.82) is 0 Å². The van der Waals surface area contributed by atoms with Gasteiger partial charge in [0.25, 0.3) is 11.8 Å². The zero-order valence-corrected chi connectivity index (χ0v) is 15.7. The zero-order valence-electron chi connectivity index (χ0n) is 14.1. The third-order valence-electron chi connectivity index (χ3n) is 3.81. The van der Waals surface area contributed by atoms with Gasteiger partial charge >= 0.3 is 0 Å². The maximum Gasteiger partial charge on any atom is 0.266 e. The molecular formula is C18H19N3O3S2. The molecule has 1 aromatic carbocycles. The number of hydrazine groups is 1. The molecule has 136 valence electrons. The molecule has 2 aliphatic heterocycles. The molecule has 2 saturated heterocycles. The van der Waals surface area contributed by atoms with Crippen LogP contribution in [0.3, 0.4) is 0 Å². The second-order valence-electron chi connectivity index (χ2n) is 5.69. The molecule has 3 rings (SSSR count). The van der Waals surface area contributed by atoms with Gasteiger partial charge in [-0.25, -0.2) is 5.01 Å². The molecule has 0 atom stereocenters. The minimum atomic E-state index is -0.260. The second kappa shape index (κ2) is 9.09. The number of nitrogens with zero attached hydrogens (tertiary/aromatic N) is 2. The Balaban J connectivity index is 1.57. The van der Waals surface area contributed by atoms with Gasteiger partial charge in [-0.3, -0.25) is 19.9 Å². The molecule has 0 aromatic heterocycles. The third kappa shape index (κ3) is 5.01. The highest BCUT2D eigenvalue weighted by molar-refractivity contribution is 8.26. The predicted octanol–water partition coefficient (Wildman–Crippen LogP) is 1.81. The number of thioether (sulfide) groups is 1. The Hall–Kier alpha value is -2.00. The molecule has 1 aromatic rings. The molecule has 0 saturated carbocycles. The average molecular weight is 390 g/mol. The first kappa shape index (κ1) is 18.8. The number of hydrogen-bond donors (Lipinski definition) is 1. The number of benzene rings is 1. The van der Waals surface area contributed by atoms with E-state index in [1.165, 1.54) is 16.7 Å². The van der Waals surface area contributed by atoms with Crippen LogP contribution in [0, 0.1) is 0 Å². The van der Waals surface area contributed by atoms with Crippen molar-refractivity contribution in [2.45, 2.75) is 0 Å². The number of hydrogen-bond acceptors (Lipinski definition) is 6. The van der Waals surface area contributed by atoms with E-state index < -0.39 is 0 Å². The molecule has 8 heteroatoms. The molecule has 2 amide bonds. The highest BCUT2D eigenvalue weighted by Crippen LogP contribution is 2.30. The summed E-state index contributed by atoms with van der Waals surface area (Å²) in [6.07, 6.45) is 5.46. The third-order valence-corrected chi connectivity index (χ3v) is 5.20. The van der Waals surface area contributed by atoms with Gasteiger partial charge < -0.3 is 4.74 Å². The van der Waals surface area contributed by atoms with E-state index in [0.717, 1.165) is 5.56 Å². The molecule has 0 aliphatic carbocycles. The van der Waals surface area contributed by atoms with Crippen molar-refractivity contribution in [2.75, 3.05) is 32.8 Å². The summed E-state index contributed by atoms with van der Waals surface area (Å²) in [7, 11) is 0. The Morgan fingerprint density at radius 3 is 2.73 bits per heavy atom. The van der Waals surface area contributed by atoms with Gasteiger partial charge in [-0.2, -0.15) is 0 Å². The first-order chi connectivity index (χ1) is 12.6. The summed E-state index contributed by atoms with van der Waals surface area (Å²) in [5, 5.41) is 1.79. The Labute approximate surface area is 161 Å². The molecule has 0 radical (unpaired) electrons. The summed E-state index contributed by atoms with van der Waals surface area (Å²) >= 11 is 6.46. The van der Waals surface area contributed by atoms with Gasteiger partial charge in [-0.1, -0.05) is 66.5 Å². The van der Waals surface area contributed by atoms with E-state index in [0.29, 0.717) is 35.5 Å². The number of morpholine rings is 1. The molecule has 0 unspecified atom stereocenters. The molecule has 1 N–H and O–H groups in total. The standard InChI is InChI=1S/C18H19N3O3S2/c22-16(19-20-9-11-24-12-10-20)13-21-17(23)15(26-18(21)25)8-4-7-14-5-2-1-3-6-14/h1-8H,9-13H2,(H,19,22)/b7-4+,15-8-. The van der Waals surface area contributed by atoms with Crippen LogP contribution in [0.5, 0.6) is 0 Å². The summed E-state index contributed by atoms with van der Waals surface area (Å²) in [4.78, 5) is 26.5. The van der Waals surface area contributed by atoms with Crippen LogP contribution < -0.4 is 5.43 Å². The van der Waals surface area contributed by atoms with Crippen LogP contribution in [-0.2, 0) is 14.3 Å². The number of amides is 2. The minimum absolute atomic E-state index is 0.0816. The van der Waals surface area contributed by atoms with E-state index in [-0.39, 0.29) is 18.4 Å². The van der Waals surface area contributed by atoms with E-state index in [4.69, 9.17) is 17.0 Å². The maximum absolute atomic E-state index is 12.5. The Kier molecular flexibility index (Phi) is 6.56. The lowest BCUT2D eigenvalue weighted by Gasteiger charge is -2.27. The number of nitrogens with one attached hydrogen (secondary N) is 1. The van der Waals surface area contributed by atoms with Gasteiger partial charge in [0.2, 0.25) is 0 Å². The fraction of sp³-hybridized carbons (Fsp3) is 0.278. The maximum atomic E-state index is 12.5. The largest absolute Gasteiger partial charge is 0.379 e. The fourth-order valence-electron chi connectivity index (χ4n) is 2.49. The fourth-order valence-corrected chi connectivity index (χ4v) is 3.70. The van der Waals surface area contributed by atoms with Crippen molar-refractivity contribution in [3.8, 4) is 0 Å².